The lowest BCUT2D eigenvalue weighted by atomic mass is 10.2. The third-order valence-electron chi connectivity index (χ3n) is 5.42. The van der Waals surface area contributed by atoms with Crippen LogP contribution in [0.2, 0.25) is 5.02 Å². The van der Waals surface area contributed by atoms with Crippen molar-refractivity contribution in [2.45, 2.75) is 18.2 Å². The molecular weight excluding hydrogens is 472 g/mol. The number of morpholine rings is 1. The van der Waals surface area contributed by atoms with Crippen LogP contribution in [0.4, 0.5) is 5.69 Å². The van der Waals surface area contributed by atoms with E-state index in [-0.39, 0.29) is 10.8 Å². The number of amides is 1. The molecule has 3 heterocycles. The quantitative estimate of drug-likeness (QED) is 0.648. The highest BCUT2D eigenvalue weighted by Gasteiger charge is 2.31. The summed E-state index contributed by atoms with van der Waals surface area (Å²) in [7, 11) is -2.01. The highest BCUT2D eigenvalue weighted by atomic mass is 35.5. The number of carbonyl (C=O) groups is 1. The first kappa shape index (κ1) is 23.3. The van der Waals surface area contributed by atoms with Crippen molar-refractivity contribution < 1.29 is 17.9 Å². The van der Waals surface area contributed by atoms with Gasteiger partial charge in [0.05, 0.1) is 18.9 Å². The molecule has 1 amide bonds. The molecule has 0 saturated carbocycles. The molecule has 1 aromatic heterocycles. The fraction of sp³-hybridized carbons (Fsp3) is 0.429. The topological polar surface area (TPSA) is 84.2 Å². The summed E-state index contributed by atoms with van der Waals surface area (Å²) in [6.45, 7) is 3.78. The van der Waals surface area contributed by atoms with Crippen molar-refractivity contribution >= 4 is 50.1 Å². The number of sulfonamides is 1. The van der Waals surface area contributed by atoms with Crippen LogP contribution < -0.4 is 0 Å². The number of nitrogens with zero attached hydrogens (tertiary/aromatic N) is 4. The van der Waals surface area contributed by atoms with E-state index in [4.69, 9.17) is 16.3 Å². The first-order valence-electron chi connectivity index (χ1n) is 10.3. The van der Waals surface area contributed by atoms with Crippen molar-refractivity contribution in [1.82, 2.24) is 13.8 Å². The van der Waals surface area contributed by atoms with Gasteiger partial charge in [-0.15, -0.1) is 0 Å². The first-order valence-corrected chi connectivity index (χ1v) is 13.1. The molecule has 0 bridgehead atoms. The van der Waals surface area contributed by atoms with Gasteiger partial charge in [-0.2, -0.15) is 4.31 Å². The zero-order valence-corrected chi connectivity index (χ0v) is 20.3. The number of thioether (sulfide) groups is 1. The highest BCUT2D eigenvalue weighted by molar-refractivity contribution is 8.13. The summed E-state index contributed by atoms with van der Waals surface area (Å²) in [6, 6.07) is 6.98. The van der Waals surface area contributed by atoms with E-state index in [0.717, 1.165) is 17.7 Å². The van der Waals surface area contributed by atoms with Crippen molar-refractivity contribution in [3.05, 3.63) is 46.7 Å². The van der Waals surface area contributed by atoms with Gasteiger partial charge in [0.25, 0.3) is 5.91 Å². The Balaban J connectivity index is 1.62. The van der Waals surface area contributed by atoms with E-state index in [9.17, 15) is 13.2 Å². The number of carbonyl (C=O) groups excluding carboxylic acids is 1. The molecule has 0 N–H and O–H groups in total. The minimum atomic E-state index is -3.69. The van der Waals surface area contributed by atoms with Gasteiger partial charge < -0.3 is 9.30 Å². The van der Waals surface area contributed by atoms with Crippen LogP contribution >= 0.6 is 23.4 Å². The van der Waals surface area contributed by atoms with Gasteiger partial charge in [-0.25, -0.2) is 13.4 Å². The molecule has 0 spiro atoms. The number of rotatable bonds is 4. The van der Waals surface area contributed by atoms with Crippen molar-refractivity contribution in [3.63, 3.8) is 0 Å². The Labute approximate surface area is 197 Å². The third kappa shape index (κ3) is 4.74. The maximum absolute atomic E-state index is 13.4. The lowest BCUT2D eigenvalue weighted by Gasteiger charge is -2.28. The molecule has 2 fully saturated rings. The van der Waals surface area contributed by atoms with Crippen molar-refractivity contribution in [2.24, 2.45) is 12.0 Å². The largest absolute Gasteiger partial charge is 0.379 e. The Bertz CT molecular complexity index is 1160. The standard InChI is InChI=1S/C21H25ClN4O4S2/c1-15-4-5-16(12-18(15)22)23-21-26(6-3-11-31-21)20(27)19-13-17(14-24(19)2)32(28,29)25-7-9-30-10-8-25/h4-5,12-14H,3,6-11H2,1-2H3. The predicted molar refractivity (Wildman–Crippen MR) is 126 cm³/mol. The maximum atomic E-state index is 13.4. The van der Waals surface area contributed by atoms with E-state index >= 15 is 0 Å². The first-order chi connectivity index (χ1) is 15.3. The summed E-state index contributed by atoms with van der Waals surface area (Å²) in [4.78, 5) is 19.8. The van der Waals surface area contributed by atoms with Crippen LogP contribution in [0.15, 0.2) is 40.4 Å². The second-order valence-corrected chi connectivity index (χ2v) is 11.1. The molecule has 0 radical (unpaired) electrons. The average molecular weight is 497 g/mol. The molecule has 4 rings (SSSR count). The van der Waals surface area contributed by atoms with Crippen LogP contribution in [0.1, 0.15) is 22.5 Å². The second kappa shape index (κ2) is 9.56. The fourth-order valence-electron chi connectivity index (χ4n) is 3.56. The number of benzene rings is 1. The predicted octanol–water partition coefficient (Wildman–Crippen LogP) is 3.27. The lowest BCUT2D eigenvalue weighted by Crippen LogP contribution is -2.40. The van der Waals surface area contributed by atoms with E-state index in [2.05, 4.69) is 4.99 Å². The fourth-order valence-corrected chi connectivity index (χ4v) is 6.18. The van der Waals surface area contributed by atoms with Crippen LogP contribution in [0.3, 0.4) is 0 Å². The summed E-state index contributed by atoms with van der Waals surface area (Å²) in [5.74, 6) is 0.575. The summed E-state index contributed by atoms with van der Waals surface area (Å²) >= 11 is 7.73. The molecule has 2 aromatic rings. The molecule has 0 atom stereocenters. The second-order valence-electron chi connectivity index (χ2n) is 7.68. The Morgan fingerprint density at radius 1 is 1.19 bits per heavy atom. The molecule has 2 aliphatic heterocycles. The summed E-state index contributed by atoms with van der Waals surface area (Å²) < 4.78 is 34.2. The molecule has 1 aromatic carbocycles. The number of aromatic nitrogens is 1. The maximum Gasteiger partial charge on any atom is 0.276 e. The summed E-state index contributed by atoms with van der Waals surface area (Å²) in [6.07, 6.45) is 2.32. The normalized spacial score (nSPS) is 19.5. The molecule has 8 nitrogen and oxygen atoms in total. The number of aliphatic imine (C=N–C) groups is 1. The van der Waals surface area contributed by atoms with Gasteiger partial charge in [-0.3, -0.25) is 9.69 Å². The number of hydrogen-bond acceptors (Lipinski definition) is 6. The number of aryl methyl sites for hydroxylation is 2. The van der Waals surface area contributed by atoms with E-state index in [1.807, 2.05) is 19.1 Å². The Morgan fingerprint density at radius 2 is 1.94 bits per heavy atom. The molecule has 2 aliphatic rings. The van der Waals surface area contributed by atoms with Gasteiger partial charge in [0.15, 0.2) is 5.17 Å². The molecule has 32 heavy (non-hydrogen) atoms. The Kier molecular flexibility index (Phi) is 6.97. The van der Waals surface area contributed by atoms with Gasteiger partial charge in [0, 0.05) is 43.7 Å². The summed E-state index contributed by atoms with van der Waals surface area (Å²) in [5, 5.41) is 1.20. The highest BCUT2D eigenvalue weighted by Crippen LogP contribution is 2.28. The molecule has 0 aliphatic carbocycles. The SMILES string of the molecule is Cc1ccc(N=C2SCCCN2C(=O)c2cc(S(=O)(=O)N3CCOCC3)cn2C)cc1Cl. The minimum absolute atomic E-state index is 0.110. The smallest absolute Gasteiger partial charge is 0.276 e. The number of hydrogen-bond donors (Lipinski definition) is 0. The zero-order chi connectivity index (χ0) is 22.9. The van der Waals surface area contributed by atoms with E-state index in [0.29, 0.717) is 54.4 Å². The third-order valence-corrected chi connectivity index (χ3v) is 8.75. The van der Waals surface area contributed by atoms with Crippen LogP contribution in [0.5, 0.6) is 0 Å². The van der Waals surface area contributed by atoms with E-state index in [1.165, 1.54) is 28.3 Å². The Hall–Kier alpha value is -1.85. The molecule has 2 saturated heterocycles. The molecule has 172 valence electrons. The van der Waals surface area contributed by atoms with Crippen molar-refractivity contribution in [1.29, 1.82) is 0 Å². The Morgan fingerprint density at radius 3 is 2.66 bits per heavy atom. The number of amidine groups is 1. The van der Waals surface area contributed by atoms with Crippen LogP contribution in [-0.4, -0.2) is 71.9 Å². The van der Waals surface area contributed by atoms with Crippen LogP contribution in [0.25, 0.3) is 0 Å². The van der Waals surface area contributed by atoms with E-state index in [1.54, 1.807) is 22.6 Å². The van der Waals surface area contributed by atoms with Gasteiger partial charge >= 0.3 is 0 Å². The average Bonchev–Trinajstić information content (AvgIpc) is 3.19. The van der Waals surface area contributed by atoms with Crippen molar-refractivity contribution in [3.8, 4) is 0 Å². The molecule has 0 unspecified atom stereocenters. The lowest BCUT2D eigenvalue weighted by molar-refractivity contribution is 0.0730. The van der Waals surface area contributed by atoms with E-state index < -0.39 is 10.0 Å². The van der Waals surface area contributed by atoms with Gasteiger partial charge in [-0.05, 0) is 37.1 Å². The van der Waals surface area contributed by atoms with Crippen molar-refractivity contribution in [2.75, 3.05) is 38.6 Å². The zero-order valence-electron chi connectivity index (χ0n) is 18.0. The van der Waals surface area contributed by atoms with Crippen LogP contribution in [0, 0.1) is 6.92 Å². The number of halogens is 1. The minimum Gasteiger partial charge on any atom is -0.379 e. The van der Waals surface area contributed by atoms with Crippen LogP contribution in [-0.2, 0) is 21.8 Å². The monoisotopic (exact) mass is 496 g/mol. The molecule has 11 heteroatoms. The number of ether oxygens (including phenoxy) is 1. The van der Waals surface area contributed by atoms with Gasteiger partial charge in [-0.1, -0.05) is 29.4 Å². The molecular formula is C21H25ClN4O4S2. The van der Waals surface area contributed by atoms with Gasteiger partial charge in [0.1, 0.15) is 10.6 Å². The summed E-state index contributed by atoms with van der Waals surface area (Å²) in [5.41, 5.74) is 1.93. The van der Waals surface area contributed by atoms with Gasteiger partial charge in [0.2, 0.25) is 10.0 Å².